The zero-order chi connectivity index (χ0) is 9.90. The smallest absolute Gasteiger partial charge is 0.0205 e. The SMILES string of the molecule is CNCc1ccccc1C(C)(C)C.Cl. The zero-order valence-corrected chi connectivity index (χ0v) is 10.2. The van der Waals surface area contributed by atoms with Crippen molar-refractivity contribution in [3.8, 4) is 0 Å². The highest BCUT2D eigenvalue weighted by Crippen LogP contribution is 2.25. The maximum absolute atomic E-state index is 3.20. The molecule has 14 heavy (non-hydrogen) atoms. The van der Waals surface area contributed by atoms with Gasteiger partial charge in [-0.1, -0.05) is 45.0 Å². The Labute approximate surface area is 93.3 Å². The van der Waals surface area contributed by atoms with Crippen LogP contribution in [0.5, 0.6) is 0 Å². The Morgan fingerprint density at radius 3 is 2.21 bits per heavy atom. The van der Waals surface area contributed by atoms with E-state index in [0.717, 1.165) is 6.54 Å². The second-order valence-electron chi connectivity index (χ2n) is 4.44. The first kappa shape index (κ1) is 13.5. The summed E-state index contributed by atoms with van der Waals surface area (Å²) in [4.78, 5) is 0. The van der Waals surface area contributed by atoms with E-state index in [9.17, 15) is 0 Å². The van der Waals surface area contributed by atoms with Crippen LogP contribution in [0.4, 0.5) is 0 Å². The Hall–Kier alpha value is -0.530. The summed E-state index contributed by atoms with van der Waals surface area (Å²) in [6.45, 7) is 7.71. The van der Waals surface area contributed by atoms with E-state index in [4.69, 9.17) is 0 Å². The van der Waals surface area contributed by atoms with Crippen LogP contribution in [0.25, 0.3) is 0 Å². The van der Waals surface area contributed by atoms with Gasteiger partial charge in [0.25, 0.3) is 0 Å². The highest BCUT2D eigenvalue weighted by Gasteiger charge is 2.16. The lowest BCUT2D eigenvalue weighted by atomic mass is 9.84. The monoisotopic (exact) mass is 213 g/mol. The molecule has 1 aromatic carbocycles. The number of halogens is 1. The molecule has 0 amide bonds. The van der Waals surface area contributed by atoms with Gasteiger partial charge < -0.3 is 5.32 Å². The van der Waals surface area contributed by atoms with E-state index < -0.39 is 0 Å². The summed E-state index contributed by atoms with van der Waals surface area (Å²) in [7, 11) is 1.99. The van der Waals surface area contributed by atoms with Crippen molar-refractivity contribution >= 4 is 12.4 Å². The Kier molecular flexibility index (Phi) is 5.17. The maximum Gasteiger partial charge on any atom is 0.0205 e. The lowest BCUT2D eigenvalue weighted by Gasteiger charge is -2.22. The molecule has 0 spiro atoms. The minimum absolute atomic E-state index is 0. The van der Waals surface area contributed by atoms with Crippen molar-refractivity contribution in [1.82, 2.24) is 5.32 Å². The normalized spacial score (nSPS) is 10.9. The van der Waals surface area contributed by atoms with E-state index in [1.54, 1.807) is 0 Å². The summed E-state index contributed by atoms with van der Waals surface area (Å²) < 4.78 is 0. The molecule has 0 saturated carbocycles. The number of hydrogen-bond acceptors (Lipinski definition) is 1. The van der Waals surface area contributed by atoms with Gasteiger partial charge in [-0.2, -0.15) is 0 Å². The van der Waals surface area contributed by atoms with Crippen molar-refractivity contribution in [3.63, 3.8) is 0 Å². The molecule has 1 nitrogen and oxygen atoms in total. The third-order valence-corrected chi connectivity index (χ3v) is 2.19. The summed E-state index contributed by atoms with van der Waals surface area (Å²) in [5.41, 5.74) is 3.08. The third-order valence-electron chi connectivity index (χ3n) is 2.19. The van der Waals surface area contributed by atoms with Crippen molar-refractivity contribution in [2.24, 2.45) is 0 Å². The van der Waals surface area contributed by atoms with Crippen LogP contribution in [0, 0.1) is 0 Å². The molecular formula is C12H20ClN. The van der Waals surface area contributed by atoms with Crippen LogP contribution < -0.4 is 5.32 Å². The van der Waals surface area contributed by atoms with Gasteiger partial charge >= 0.3 is 0 Å². The zero-order valence-electron chi connectivity index (χ0n) is 9.42. The first-order chi connectivity index (χ1) is 6.05. The van der Waals surface area contributed by atoms with E-state index in [1.165, 1.54) is 11.1 Å². The van der Waals surface area contributed by atoms with Gasteiger partial charge in [-0.25, -0.2) is 0 Å². The average molecular weight is 214 g/mol. The van der Waals surface area contributed by atoms with E-state index in [2.05, 4.69) is 50.4 Å². The van der Waals surface area contributed by atoms with Crippen molar-refractivity contribution in [2.75, 3.05) is 7.05 Å². The summed E-state index contributed by atoms with van der Waals surface area (Å²) in [6, 6.07) is 8.62. The van der Waals surface area contributed by atoms with Crippen molar-refractivity contribution in [2.45, 2.75) is 32.7 Å². The topological polar surface area (TPSA) is 12.0 Å². The van der Waals surface area contributed by atoms with Crippen LogP contribution in [-0.2, 0) is 12.0 Å². The molecule has 0 radical (unpaired) electrons. The van der Waals surface area contributed by atoms with E-state index in [0.29, 0.717) is 0 Å². The van der Waals surface area contributed by atoms with Crippen LogP contribution in [0.1, 0.15) is 31.9 Å². The predicted octanol–water partition coefficient (Wildman–Crippen LogP) is 3.13. The van der Waals surface area contributed by atoms with Gasteiger partial charge in [-0.05, 0) is 23.6 Å². The molecule has 0 heterocycles. The van der Waals surface area contributed by atoms with Crippen LogP contribution in [0.2, 0.25) is 0 Å². The molecule has 0 aliphatic carbocycles. The Balaban J connectivity index is 0.00000169. The van der Waals surface area contributed by atoms with Crippen LogP contribution in [0.3, 0.4) is 0 Å². The molecule has 0 bridgehead atoms. The lowest BCUT2D eigenvalue weighted by molar-refractivity contribution is 0.578. The molecule has 1 rings (SSSR count). The number of benzene rings is 1. The van der Waals surface area contributed by atoms with Gasteiger partial charge in [0.1, 0.15) is 0 Å². The minimum atomic E-state index is 0. The molecule has 0 atom stereocenters. The molecule has 0 aliphatic heterocycles. The fraction of sp³-hybridized carbons (Fsp3) is 0.500. The first-order valence-electron chi connectivity index (χ1n) is 4.78. The van der Waals surface area contributed by atoms with Gasteiger partial charge in [0.2, 0.25) is 0 Å². The fourth-order valence-electron chi connectivity index (χ4n) is 1.60. The molecule has 0 fully saturated rings. The van der Waals surface area contributed by atoms with Gasteiger partial charge in [0.15, 0.2) is 0 Å². The van der Waals surface area contributed by atoms with Crippen molar-refractivity contribution in [3.05, 3.63) is 35.4 Å². The van der Waals surface area contributed by atoms with Crippen molar-refractivity contribution < 1.29 is 0 Å². The van der Waals surface area contributed by atoms with E-state index >= 15 is 0 Å². The van der Waals surface area contributed by atoms with Gasteiger partial charge in [0, 0.05) is 6.54 Å². The van der Waals surface area contributed by atoms with Crippen molar-refractivity contribution in [1.29, 1.82) is 0 Å². The van der Waals surface area contributed by atoms with E-state index in [-0.39, 0.29) is 17.8 Å². The predicted molar refractivity (Wildman–Crippen MR) is 65.2 cm³/mol. The molecule has 80 valence electrons. The number of nitrogens with one attached hydrogen (secondary N) is 1. The fourth-order valence-corrected chi connectivity index (χ4v) is 1.60. The summed E-state index contributed by atoms with van der Waals surface area (Å²) in [5.74, 6) is 0. The van der Waals surface area contributed by atoms with Gasteiger partial charge in [-0.3, -0.25) is 0 Å². The summed E-state index contributed by atoms with van der Waals surface area (Å²) >= 11 is 0. The van der Waals surface area contributed by atoms with Gasteiger partial charge in [-0.15, -0.1) is 12.4 Å². The van der Waals surface area contributed by atoms with Crippen LogP contribution in [0.15, 0.2) is 24.3 Å². The van der Waals surface area contributed by atoms with E-state index in [1.807, 2.05) is 7.05 Å². The third kappa shape index (κ3) is 3.32. The quantitative estimate of drug-likeness (QED) is 0.796. The standard InChI is InChI=1S/C12H19N.ClH/c1-12(2,3)11-8-6-5-7-10(11)9-13-4;/h5-8,13H,9H2,1-4H3;1H. The average Bonchev–Trinajstić information content (AvgIpc) is 2.04. The summed E-state index contributed by atoms with van der Waals surface area (Å²) in [6.07, 6.45) is 0. The highest BCUT2D eigenvalue weighted by molar-refractivity contribution is 5.85. The Bertz CT molecular complexity index is 276. The second-order valence-corrected chi connectivity index (χ2v) is 4.44. The number of hydrogen-bond donors (Lipinski definition) is 1. The molecule has 1 aromatic rings. The summed E-state index contributed by atoms with van der Waals surface area (Å²) in [5, 5.41) is 3.20. The first-order valence-corrected chi connectivity index (χ1v) is 4.78. The molecule has 1 N–H and O–H groups in total. The molecule has 2 heteroatoms. The molecule has 0 unspecified atom stereocenters. The Morgan fingerprint density at radius 1 is 1.14 bits per heavy atom. The largest absolute Gasteiger partial charge is 0.316 e. The van der Waals surface area contributed by atoms with Crippen LogP contribution in [-0.4, -0.2) is 7.05 Å². The molecule has 0 aliphatic rings. The molecule has 0 saturated heterocycles. The Morgan fingerprint density at radius 2 is 1.71 bits per heavy atom. The molecule has 0 aromatic heterocycles. The lowest BCUT2D eigenvalue weighted by Crippen LogP contribution is -2.17. The maximum atomic E-state index is 3.20. The minimum Gasteiger partial charge on any atom is -0.316 e. The number of rotatable bonds is 2. The second kappa shape index (κ2) is 5.38. The highest BCUT2D eigenvalue weighted by atomic mass is 35.5. The molecular weight excluding hydrogens is 194 g/mol. The van der Waals surface area contributed by atoms with Crippen LogP contribution >= 0.6 is 12.4 Å². The van der Waals surface area contributed by atoms with Gasteiger partial charge in [0.05, 0.1) is 0 Å².